The Balaban J connectivity index is 1.73. The second-order valence-electron chi connectivity index (χ2n) is 8.09. The van der Waals surface area contributed by atoms with Gasteiger partial charge in [-0.1, -0.05) is 26.8 Å². The smallest absolute Gasteiger partial charge is 0.191 e. The fourth-order valence-electron chi connectivity index (χ4n) is 3.85. The Bertz CT molecular complexity index is 604. The van der Waals surface area contributed by atoms with Crippen LogP contribution < -0.4 is 15.5 Å². The first kappa shape index (κ1) is 24.4. The van der Waals surface area contributed by atoms with Gasteiger partial charge in [0, 0.05) is 52.0 Å². The van der Waals surface area contributed by atoms with Crippen LogP contribution in [0, 0.1) is 0 Å². The Labute approximate surface area is 183 Å². The summed E-state index contributed by atoms with van der Waals surface area (Å²) in [4.78, 5) is 16.4. The minimum atomic E-state index is 0.397. The SMILES string of the molecule is CCN(CC)CCCC(C)NC(=NC)NCc1ccc(N2CCN(CC)CC2)nc1. The Morgan fingerprint density at radius 1 is 1.17 bits per heavy atom. The second-order valence-corrected chi connectivity index (χ2v) is 8.09. The van der Waals surface area contributed by atoms with E-state index in [-0.39, 0.29) is 0 Å². The van der Waals surface area contributed by atoms with Gasteiger partial charge in [-0.05, 0) is 57.6 Å². The van der Waals surface area contributed by atoms with E-state index in [1.54, 1.807) is 0 Å². The van der Waals surface area contributed by atoms with Crippen molar-refractivity contribution in [1.29, 1.82) is 0 Å². The Morgan fingerprint density at radius 3 is 2.47 bits per heavy atom. The minimum Gasteiger partial charge on any atom is -0.354 e. The summed E-state index contributed by atoms with van der Waals surface area (Å²) in [5, 5.41) is 6.93. The number of likely N-dealkylation sites (N-methyl/N-ethyl adjacent to an activating group) is 1. The van der Waals surface area contributed by atoms with E-state index in [0.717, 1.165) is 77.1 Å². The van der Waals surface area contributed by atoms with Gasteiger partial charge in [0.05, 0.1) is 0 Å². The number of aliphatic imine (C=N–C) groups is 1. The predicted octanol–water partition coefficient (Wildman–Crippen LogP) is 2.40. The number of hydrogen-bond donors (Lipinski definition) is 2. The summed E-state index contributed by atoms with van der Waals surface area (Å²) < 4.78 is 0. The summed E-state index contributed by atoms with van der Waals surface area (Å²) >= 11 is 0. The van der Waals surface area contributed by atoms with Gasteiger partial charge < -0.3 is 25.3 Å². The lowest BCUT2D eigenvalue weighted by atomic mass is 10.2. The van der Waals surface area contributed by atoms with E-state index >= 15 is 0 Å². The fraction of sp³-hybridized carbons (Fsp3) is 0.739. The minimum absolute atomic E-state index is 0.397. The van der Waals surface area contributed by atoms with Crippen LogP contribution in [0.3, 0.4) is 0 Å². The van der Waals surface area contributed by atoms with Gasteiger partial charge in [-0.3, -0.25) is 4.99 Å². The first-order valence-electron chi connectivity index (χ1n) is 11.7. The van der Waals surface area contributed by atoms with E-state index in [2.05, 4.69) is 70.2 Å². The lowest BCUT2D eigenvalue weighted by Crippen LogP contribution is -2.46. The van der Waals surface area contributed by atoms with Crippen LogP contribution >= 0.6 is 0 Å². The third-order valence-corrected chi connectivity index (χ3v) is 6.03. The zero-order chi connectivity index (χ0) is 21.8. The third kappa shape index (κ3) is 8.11. The summed E-state index contributed by atoms with van der Waals surface area (Å²) in [6, 6.07) is 4.71. The van der Waals surface area contributed by atoms with E-state index in [9.17, 15) is 0 Å². The largest absolute Gasteiger partial charge is 0.354 e. The van der Waals surface area contributed by atoms with Gasteiger partial charge in [-0.15, -0.1) is 0 Å². The Morgan fingerprint density at radius 2 is 1.90 bits per heavy atom. The lowest BCUT2D eigenvalue weighted by molar-refractivity contribution is 0.270. The molecule has 7 nitrogen and oxygen atoms in total. The molecule has 1 aliphatic heterocycles. The van der Waals surface area contributed by atoms with Crippen molar-refractivity contribution >= 4 is 11.8 Å². The number of hydrogen-bond acceptors (Lipinski definition) is 5. The number of piperazine rings is 1. The van der Waals surface area contributed by atoms with E-state index < -0.39 is 0 Å². The molecule has 1 aliphatic rings. The van der Waals surface area contributed by atoms with Crippen LogP contribution in [0.2, 0.25) is 0 Å². The monoisotopic (exact) mass is 417 g/mol. The van der Waals surface area contributed by atoms with Gasteiger partial charge in [0.25, 0.3) is 0 Å². The van der Waals surface area contributed by atoms with Crippen molar-refractivity contribution in [2.45, 2.75) is 53.1 Å². The first-order valence-corrected chi connectivity index (χ1v) is 11.7. The van der Waals surface area contributed by atoms with Crippen LogP contribution in [-0.4, -0.2) is 86.2 Å². The number of anilines is 1. The van der Waals surface area contributed by atoms with Crippen molar-refractivity contribution in [3.8, 4) is 0 Å². The molecule has 0 saturated carbocycles. The molecule has 30 heavy (non-hydrogen) atoms. The van der Waals surface area contributed by atoms with Gasteiger partial charge >= 0.3 is 0 Å². The Kier molecular flexibility index (Phi) is 10.9. The second kappa shape index (κ2) is 13.4. The molecule has 2 rings (SSSR count). The van der Waals surface area contributed by atoms with E-state index in [4.69, 9.17) is 4.98 Å². The highest BCUT2D eigenvalue weighted by molar-refractivity contribution is 5.79. The molecule has 170 valence electrons. The lowest BCUT2D eigenvalue weighted by Gasteiger charge is -2.34. The van der Waals surface area contributed by atoms with E-state index in [0.29, 0.717) is 6.04 Å². The maximum atomic E-state index is 4.69. The molecule has 1 aromatic heterocycles. The van der Waals surface area contributed by atoms with Crippen molar-refractivity contribution in [3.05, 3.63) is 23.9 Å². The number of aromatic nitrogens is 1. The number of rotatable bonds is 11. The number of guanidine groups is 1. The van der Waals surface area contributed by atoms with Gasteiger partial charge in [-0.25, -0.2) is 4.98 Å². The molecule has 1 saturated heterocycles. The van der Waals surface area contributed by atoms with Crippen molar-refractivity contribution in [2.75, 3.05) is 64.3 Å². The molecule has 1 aromatic rings. The highest BCUT2D eigenvalue weighted by Gasteiger charge is 2.16. The molecule has 0 amide bonds. The zero-order valence-electron chi connectivity index (χ0n) is 19.8. The first-order chi connectivity index (χ1) is 14.6. The number of nitrogens with one attached hydrogen (secondary N) is 2. The van der Waals surface area contributed by atoms with Crippen LogP contribution in [0.1, 0.15) is 46.1 Å². The van der Waals surface area contributed by atoms with Crippen molar-refractivity contribution in [2.24, 2.45) is 4.99 Å². The van der Waals surface area contributed by atoms with Crippen molar-refractivity contribution in [3.63, 3.8) is 0 Å². The molecule has 0 aliphatic carbocycles. The predicted molar refractivity (Wildman–Crippen MR) is 128 cm³/mol. The molecule has 1 atom stereocenters. The molecule has 1 unspecified atom stereocenters. The molecule has 2 N–H and O–H groups in total. The number of nitrogens with zero attached hydrogens (tertiary/aromatic N) is 5. The summed E-state index contributed by atoms with van der Waals surface area (Å²) in [7, 11) is 1.83. The molecule has 0 bridgehead atoms. The number of pyridine rings is 1. The van der Waals surface area contributed by atoms with Crippen LogP contribution in [0.15, 0.2) is 23.3 Å². The average molecular weight is 418 g/mol. The van der Waals surface area contributed by atoms with Crippen molar-refractivity contribution in [1.82, 2.24) is 25.4 Å². The average Bonchev–Trinajstić information content (AvgIpc) is 2.80. The van der Waals surface area contributed by atoms with Crippen LogP contribution in [0.4, 0.5) is 5.82 Å². The molecule has 0 radical (unpaired) electrons. The third-order valence-electron chi connectivity index (χ3n) is 6.03. The highest BCUT2D eigenvalue weighted by Crippen LogP contribution is 2.14. The van der Waals surface area contributed by atoms with E-state index in [1.807, 2.05) is 13.2 Å². The van der Waals surface area contributed by atoms with Crippen molar-refractivity contribution < 1.29 is 0 Å². The van der Waals surface area contributed by atoms with Crippen LogP contribution in [0.5, 0.6) is 0 Å². The molecular weight excluding hydrogens is 374 g/mol. The molecule has 1 fully saturated rings. The maximum Gasteiger partial charge on any atom is 0.191 e. The topological polar surface area (TPSA) is 59.0 Å². The van der Waals surface area contributed by atoms with Gasteiger partial charge in [0.1, 0.15) is 5.82 Å². The maximum absolute atomic E-state index is 4.69. The van der Waals surface area contributed by atoms with E-state index in [1.165, 1.54) is 12.0 Å². The molecule has 0 aromatic carbocycles. The van der Waals surface area contributed by atoms with Crippen LogP contribution in [0.25, 0.3) is 0 Å². The van der Waals surface area contributed by atoms with Crippen LogP contribution in [-0.2, 0) is 6.54 Å². The zero-order valence-corrected chi connectivity index (χ0v) is 19.8. The fourth-order valence-corrected chi connectivity index (χ4v) is 3.85. The van der Waals surface area contributed by atoms with Gasteiger partial charge in [0.2, 0.25) is 0 Å². The standard InChI is InChI=1S/C23H43N7/c1-6-28(7-2)13-9-10-20(4)27-23(24-5)26-19-21-11-12-22(25-18-21)30-16-14-29(8-3)15-17-30/h11-12,18,20H,6-10,13-17,19H2,1-5H3,(H2,24,26,27). The highest BCUT2D eigenvalue weighted by atomic mass is 15.3. The summed E-state index contributed by atoms with van der Waals surface area (Å²) in [6.45, 7) is 18.5. The molecule has 7 heteroatoms. The molecule has 2 heterocycles. The summed E-state index contributed by atoms with van der Waals surface area (Å²) in [6.07, 6.45) is 4.32. The summed E-state index contributed by atoms with van der Waals surface area (Å²) in [5.74, 6) is 1.93. The van der Waals surface area contributed by atoms with Gasteiger partial charge in [-0.2, -0.15) is 0 Å². The normalized spacial score (nSPS) is 16.7. The summed E-state index contributed by atoms with van der Waals surface area (Å²) in [5.41, 5.74) is 1.17. The molecular formula is C23H43N7. The Hall–Kier alpha value is -1.86. The quantitative estimate of drug-likeness (QED) is 0.426. The molecule has 0 spiro atoms. The van der Waals surface area contributed by atoms with Gasteiger partial charge in [0.15, 0.2) is 5.96 Å².